The molecule has 1 unspecified atom stereocenters. The van der Waals surface area contributed by atoms with E-state index in [9.17, 15) is 8.42 Å². The summed E-state index contributed by atoms with van der Waals surface area (Å²) in [6.45, 7) is 6.46. The minimum atomic E-state index is -3.53. The molecule has 0 radical (unpaired) electrons. The number of furan rings is 1. The van der Waals surface area contributed by atoms with E-state index < -0.39 is 10.0 Å². The van der Waals surface area contributed by atoms with E-state index in [-0.39, 0.29) is 15.6 Å². The Morgan fingerprint density at radius 3 is 2.60 bits per heavy atom. The summed E-state index contributed by atoms with van der Waals surface area (Å²) in [6, 6.07) is 1.85. The minimum absolute atomic E-state index is 0.0287. The van der Waals surface area contributed by atoms with E-state index in [2.05, 4.69) is 26.0 Å². The van der Waals surface area contributed by atoms with Gasteiger partial charge in [0.25, 0.3) is 0 Å². The SMILES string of the molecule is CC(C)NCc1cc(S(=O)(=O)NC(C)C2CC2)c(Br)o1. The van der Waals surface area contributed by atoms with Crippen molar-refractivity contribution >= 4 is 26.0 Å². The third-order valence-electron chi connectivity index (χ3n) is 3.35. The lowest BCUT2D eigenvalue weighted by Gasteiger charge is -2.12. The largest absolute Gasteiger partial charge is 0.452 e. The first-order chi connectivity index (χ1) is 9.29. The molecular weight excluding hydrogens is 344 g/mol. The van der Waals surface area contributed by atoms with Crippen LogP contribution >= 0.6 is 15.9 Å². The highest BCUT2D eigenvalue weighted by Crippen LogP contribution is 2.34. The molecule has 0 saturated heterocycles. The van der Waals surface area contributed by atoms with Crippen LogP contribution < -0.4 is 10.0 Å². The van der Waals surface area contributed by atoms with Gasteiger partial charge in [0.15, 0.2) is 4.67 Å². The van der Waals surface area contributed by atoms with Crippen molar-refractivity contribution in [3.05, 3.63) is 16.5 Å². The van der Waals surface area contributed by atoms with E-state index >= 15 is 0 Å². The second-order valence-corrected chi connectivity index (χ2v) is 8.04. The van der Waals surface area contributed by atoms with Gasteiger partial charge in [-0.05, 0) is 41.6 Å². The van der Waals surface area contributed by atoms with Gasteiger partial charge in [-0.1, -0.05) is 13.8 Å². The van der Waals surface area contributed by atoms with Crippen molar-refractivity contribution in [2.45, 2.75) is 57.1 Å². The maximum absolute atomic E-state index is 12.3. The highest BCUT2D eigenvalue weighted by atomic mass is 79.9. The zero-order valence-electron chi connectivity index (χ0n) is 11.9. The molecule has 7 heteroatoms. The van der Waals surface area contributed by atoms with Crippen LogP contribution in [-0.2, 0) is 16.6 Å². The number of halogens is 1. The smallest absolute Gasteiger partial charge is 0.245 e. The summed E-state index contributed by atoms with van der Waals surface area (Å²) in [5.41, 5.74) is 0. The Morgan fingerprint density at radius 2 is 2.05 bits per heavy atom. The fraction of sp³-hybridized carbons (Fsp3) is 0.692. The molecule has 0 spiro atoms. The third kappa shape index (κ3) is 4.07. The maximum atomic E-state index is 12.3. The van der Waals surface area contributed by atoms with Crippen LogP contribution in [-0.4, -0.2) is 20.5 Å². The summed E-state index contributed by atoms with van der Waals surface area (Å²) in [6.07, 6.45) is 2.19. The van der Waals surface area contributed by atoms with Crippen LogP contribution in [0.4, 0.5) is 0 Å². The zero-order chi connectivity index (χ0) is 14.9. The summed E-state index contributed by atoms with van der Waals surface area (Å²) in [5, 5.41) is 3.19. The van der Waals surface area contributed by atoms with Crippen LogP contribution in [0.2, 0.25) is 0 Å². The zero-order valence-corrected chi connectivity index (χ0v) is 14.3. The molecule has 0 aliphatic heterocycles. The first-order valence-corrected chi connectivity index (χ1v) is 9.11. The molecule has 2 rings (SSSR count). The van der Waals surface area contributed by atoms with Crippen molar-refractivity contribution in [3.63, 3.8) is 0 Å². The molecule has 1 aliphatic rings. The quantitative estimate of drug-likeness (QED) is 0.779. The van der Waals surface area contributed by atoms with E-state index in [1.165, 1.54) is 0 Å². The molecule has 5 nitrogen and oxygen atoms in total. The van der Waals surface area contributed by atoms with Crippen molar-refractivity contribution < 1.29 is 12.8 Å². The molecule has 114 valence electrons. The second-order valence-electron chi connectivity index (χ2n) is 5.63. The van der Waals surface area contributed by atoms with Crippen LogP contribution in [0, 0.1) is 5.92 Å². The maximum Gasteiger partial charge on any atom is 0.245 e. The van der Waals surface area contributed by atoms with Gasteiger partial charge in [0.05, 0.1) is 6.54 Å². The number of rotatable bonds is 7. The van der Waals surface area contributed by atoms with Gasteiger partial charge in [0.1, 0.15) is 10.7 Å². The monoisotopic (exact) mass is 364 g/mol. The third-order valence-corrected chi connectivity index (χ3v) is 5.77. The highest BCUT2D eigenvalue weighted by Gasteiger charge is 2.32. The standard InChI is InChI=1S/C13H21BrN2O3S/c1-8(2)15-7-11-6-12(13(14)19-11)20(17,18)16-9(3)10-4-5-10/h6,8-10,15-16H,4-5,7H2,1-3H3. The number of hydrogen-bond acceptors (Lipinski definition) is 4. The lowest BCUT2D eigenvalue weighted by atomic mass is 10.2. The number of nitrogens with one attached hydrogen (secondary N) is 2. The van der Waals surface area contributed by atoms with Gasteiger partial charge in [-0.25, -0.2) is 13.1 Å². The first kappa shape index (κ1) is 16.0. The van der Waals surface area contributed by atoms with E-state index in [0.717, 1.165) is 12.8 Å². The van der Waals surface area contributed by atoms with Crippen LogP contribution in [0.25, 0.3) is 0 Å². The molecule has 0 amide bonds. The Labute approximate surface area is 128 Å². The molecular formula is C13H21BrN2O3S. The van der Waals surface area contributed by atoms with Gasteiger partial charge < -0.3 is 9.73 Å². The lowest BCUT2D eigenvalue weighted by molar-refractivity contribution is 0.446. The Balaban J connectivity index is 2.10. The first-order valence-electron chi connectivity index (χ1n) is 6.83. The van der Waals surface area contributed by atoms with E-state index in [4.69, 9.17) is 4.42 Å². The van der Waals surface area contributed by atoms with E-state index in [1.807, 2.05) is 20.8 Å². The van der Waals surface area contributed by atoms with Gasteiger partial charge in [-0.2, -0.15) is 0 Å². The molecule has 0 bridgehead atoms. The molecule has 1 fully saturated rings. The van der Waals surface area contributed by atoms with Crippen LogP contribution in [0.3, 0.4) is 0 Å². The predicted molar refractivity (Wildman–Crippen MR) is 80.9 cm³/mol. The van der Waals surface area contributed by atoms with Gasteiger partial charge in [0, 0.05) is 18.2 Å². The highest BCUT2D eigenvalue weighted by molar-refractivity contribution is 9.10. The molecule has 20 heavy (non-hydrogen) atoms. The Hall–Kier alpha value is -0.370. The average Bonchev–Trinajstić information content (AvgIpc) is 3.10. The lowest BCUT2D eigenvalue weighted by Crippen LogP contribution is -2.34. The van der Waals surface area contributed by atoms with Gasteiger partial charge in [0.2, 0.25) is 10.0 Å². The van der Waals surface area contributed by atoms with Gasteiger partial charge >= 0.3 is 0 Å². The summed E-state index contributed by atoms with van der Waals surface area (Å²) in [7, 11) is -3.53. The van der Waals surface area contributed by atoms with Crippen molar-refractivity contribution in [2.75, 3.05) is 0 Å². The summed E-state index contributed by atoms with van der Waals surface area (Å²) in [5.74, 6) is 1.07. The van der Waals surface area contributed by atoms with Crippen LogP contribution in [0.5, 0.6) is 0 Å². The predicted octanol–water partition coefficient (Wildman–Crippen LogP) is 2.62. The molecule has 1 aliphatic carbocycles. The molecule has 1 atom stereocenters. The summed E-state index contributed by atoms with van der Waals surface area (Å²) >= 11 is 3.19. The topological polar surface area (TPSA) is 71.3 Å². The molecule has 1 aromatic rings. The Morgan fingerprint density at radius 1 is 1.40 bits per heavy atom. The van der Waals surface area contributed by atoms with Gasteiger partial charge in [-0.3, -0.25) is 0 Å². The van der Waals surface area contributed by atoms with E-state index in [1.54, 1.807) is 6.07 Å². The molecule has 0 aromatic carbocycles. The Kier molecular flexibility index (Phi) is 4.94. The minimum Gasteiger partial charge on any atom is -0.452 e. The second kappa shape index (κ2) is 6.17. The summed E-state index contributed by atoms with van der Waals surface area (Å²) in [4.78, 5) is 0.172. The number of sulfonamides is 1. The molecule has 1 saturated carbocycles. The van der Waals surface area contributed by atoms with Crippen LogP contribution in [0.15, 0.2) is 20.0 Å². The summed E-state index contributed by atoms with van der Waals surface area (Å²) < 4.78 is 33.1. The molecule has 1 heterocycles. The average molecular weight is 365 g/mol. The fourth-order valence-electron chi connectivity index (χ4n) is 1.97. The van der Waals surface area contributed by atoms with Crippen molar-refractivity contribution in [1.82, 2.24) is 10.0 Å². The van der Waals surface area contributed by atoms with Crippen molar-refractivity contribution in [1.29, 1.82) is 0 Å². The number of hydrogen-bond donors (Lipinski definition) is 2. The van der Waals surface area contributed by atoms with Crippen molar-refractivity contribution in [2.24, 2.45) is 5.92 Å². The van der Waals surface area contributed by atoms with Crippen molar-refractivity contribution in [3.8, 4) is 0 Å². The normalized spacial score (nSPS) is 17.6. The van der Waals surface area contributed by atoms with Gasteiger partial charge in [-0.15, -0.1) is 0 Å². The fourth-order valence-corrected chi connectivity index (χ4v) is 4.28. The van der Waals surface area contributed by atoms with Crippen LogP contribution in [0.1, 0.15) is 39.4 Å². The Bertz CT molecular complexity index is 564. The molecule has 1 aromatic heterocycles. The molecule has 2 N–H and O–H groups in total. The van der Waals surface area contributed by atoms with E-state index in [0.29, 0.717) is 24.3 Å².